The fourth-order valence-electron chi connectivity index (χ4n) is 2.03. The van der Waals surface area contributed by atoms with Gasteiger partial charge in [-0.15, -0.1) is 11.8 Å². The number of methoxy groups -OCH3 is 1. The highest BCUT2D eigenvalue weighted by atomic mass is 79.9. The van der Waals surface area contributed by atoms with Gasteiger partial charge in [0.2, 0.25) is 0 Å². The number of thioether (sulfide) groups is 1. The number of carbonyl (C=O) groups is 1. The van der Waals surface area contributed by atoms with Crippen LogP contribution in [0.3, 0.4) is 0 Å². The maximum atomic E-state index is 11.5. The molecule has 0 unspecified atom stereocenters. The van der Waals surface area contributed by atoms with Crippen LogP contribution in [-0.4, -0.2) is 13.1 Å². The molecule has 110 valence electrons. The van der Waals surface area contributed by atoms with Gasteiger partial charge in [0.15, 0.2) is 0 Å². The second kappa shape index (κ2) is 7.14. The zero-order valence-corrected chi connectivity index (χ0v) is 14.7. The minimum Gasteiger partial charge on any atom is -0.465 e. The summed E-state index contributed by atoms with van der Waals surface area (Å²) in [6.07, 6.45) is 0. The standard InChI is InChI=1S/C17H17BrO2S/c1-11-4-7-16(12(2)8-11)21-10-14-6-5-13(9-15(14)18)17(19)20-3/h4-9H,10H2,1-3H3. The van der Waals surface area contributed by atoms with Crippen LogP contribution in [0.4, 0.5) is 0 Å². The number of aryl methyl sites for hydroxylation is 2. The highest BCUT2D eigenvalue weighted by Gasteiger charge is 2.09. The molecule has 0 radical (unpaired) electrons. The predicted molar refractivity (Wildman–Crippen MR) is 91.0 cm³/mol. The molecular formula is C17H17BrO2S. The van der Waals surface area contributed by atoms with Gasteiger partial charge in [0.25, 0.3) is 0 Å². The number of halogens is 1. The number of ether oxygens (including phenoxy) is 1. The summed E-state index contributed by atoms with van der Waals surface area (Å²) < 4.78 is 5.66. The van der Waals surface area contributed by atoms with E-state index in [1.807, 2.05) is 12.1 Å². The molecule has 0 amide bonds. The molecule has 0 atom stereocenters. The molecule has 0 aliphatic carbocycles. The molecule has 0 saturated carbocycles. The predicted octanol–water partition coefficient (Wildman–Crippen LogP) is 5.14. The second-order valence-corrected chi connectivity index (χ2v) is 6.73. The lowest BCUT2D eigenvalue weighted by molar-refractivity contribution is 0.0600. The van der Waals surface area contributed by atoms with Gasteiger partial charge in [-0.1, -0.05) is 39.7 Å². The molecule has 0 saturated heterocycles. The normalized spacial score (nSPS) is 10.5. The first kappa shape index (κ1) is 16.1. The second-order valence-electron chi connectivity index (χ2n) is 4.86. The zero-order chi connectivity index (χ0) is 15.4. The summed E-state index contributed by atoms with van der Waals surface area (Å²) in [7, 11) is 1.39. The van der Waals surface area contributed by atoms with Crippen molar-refractivity contribution in [2.45, 2.75) is 24.5 Å². The smallest absolute Gasteiger partial charge is 0.337 e. The Morgan fingerprint density at radius 1 is 1.19 bits per heavy atom. The van der Waals surface area contributed by atoms with Crippen LogP contribution < -0.4 is 0 Å². The number of carbonyl (C=O) groups excluding carboxylic acids is 1. The fraction of sp³-hybridized carbons (Fsp3) is 0.235. The maximum absolute atomic E-state index is 11.5. The molecule has 2 aromatic carbocycles. The quantitative estimate of drug-likeness (QED) is 0.554. The number of benzene rings is 2. The van der Waals surface area contributed by atoms with Crippen LogP contribution in [0.15, 0.2) is 45.8 Å². The summed E-state index contributed by atoms with van der Waals surface area (Å²) in [5, 5.41) is 0. The maximum Gasteiger partial charge on any atom is 0.337 e. The molecule has 0 spiro atoms. The van der Waals surface area contributed by atoms with Gasteiger partial charge in [0, 0.05) is 15.1 Å². The molecule has 2 rings (SSSR count). The summed E-state index contributed by atoms with van der Waals surface area (Å²) >= 11 is 5.32. The summed E-state index contributed by atoms with van der Waals surface area (Å²) in [6.45, 7) is 4.23. The van der Waals surface area contributed by atoms with E-state index in [-0.39, 0.29) is 5.97 Å². The summed E-state index contributed by atoms with van der Waals surface area (Å²) in [4.78, 5) is 12.8. The Morgan fingerprint density at radius 3 is 2.57 bits per heavy atom. The molecule has 2 nitrogen and oxygen atoms in total. The number of rotatable bonds is 4. The Hall–Kier alpha value is -1.26. The van der Waals surface area contributed by atoms with Gasteiger partial charge < -0.3 is 4.74 Å². The van der Waals surface area contributed by atoms with Crippen molar-refractivity contribution in [2.75, 3.05) is 7.11 Å². The third-order valence-corrected chi connectivity index (χ3v) is 5.15. The number of hydrogen-bond donors (Lipinski definition) is 0. The minimum atomic E-state index is -0.315. The van der Waals surface area contributed by atoms with Crippen LogP contribution in [-0.2, 0) is 10.5 Å². The molecular weight excluding hydrogens is 348 g/mol. The van der Waals surface area contributed by atoms with Crippen LogP contribution in [0.5, 0.6) is 0 Å². The van der Waals surface area contributed by atoms with Gasteiger partial charge in [0.05, 0.1) is 12.7 Å². The van der Waals surface area contributed by atoms with E-state index in [0.717, 1.165) is 15.8 Å². The number of hydrogen-bond acceptors (Lipinski definition) is 3. The topological polar surface area (TPSA) is 26.3 Å². The summed E-state index contributed by atoms with van der Waals surface area (Å²) in [6, 6.07) is 12.1. The molecule has 0 fully saturated rings. The van der Waals surface area contributed by atoms with Crippen molar-refractivity contribution in [3.8, 4) is 0 Å². The zero-order valence-electron chi connectivity index (χ0n) is 12.3. The Labute approximate surface area is 138 Å². The van der Waals surface area contributed by atoms with Crippen LogP contribution in [0.25, 0.3) is 0 Å². The van der Waals surface area contributed by atoms with Crippen molar-refractivity contribution in [1.82, 2.24) is 0 Å². The molecule has 0 heterocycles. The summed E-state index contributed by atoms with van der Waals surface area (Å²) in [5.41, 5.74) is 4.29. The lowest BCUT2D eigenvalue weighted by atomic mass is 10.1. The molecule has 0 aromatic heterocycles. The molecule has 0 aliphatic heterocycles. The van der Waals surface area contributed by atoms with Crippen molar-refractivity contribution in [3.63, 3.8) is 0 Å². The monoisotopic (exact) mass is 364 g/mol. The van der Waals surface area contributed by atoms with E-state index >= 15 is 0 Å². The Morgan fingerprint density at radius 2 is 1.95 bits per heavy atom. The van der Waals surface area contributed by atoms with E-state index in [1.165, 1.54) is 23.1 Å². The fourth-order valence-corrected chi connectivity index (χ4v) is 3.74. The average molecular weight is 365 g/mol. The van der Waals surface area contributed by atoms with Gasteiger partial charge in [-0.05, 0) is 43.2 Å². The van der Waals surface area contributed by atoms with Gasteiger partial charge >= 0.3 is 5.97 Å². The van der Waals surface area contributed by atoms with Gasteiger partial charge in [-0.25, -0.2) is 4.79 Å². The van der Waals surface area contributed by atoms with Crippen LogP contribution in [0.1, 0.15) is 27.0 Å². The summed E-state index contributed by atoms with van der Waals surface area (Å²) in [5.74, 6) is 0.538. The molecule has 0 bridgehead atoms. The molecule has 21 heavy (non-hydrogen) atoms. The lowest BCUT2D eigenvalue weighted by Crippen LogP contribution is -2.01. The van der Waals surface area contributed by atoms with E-state index < -0.39 is 0 Å². The van der Waals surface area contributed by atoms with Crippen molar-refractivity contribution >= 4 is 33.7 Å². The van der Waals surface area contributed by atoms with E-state index in [2.05, 4.69) is 48.0 Å². The SMILES string of the molecule is COC(=O)c1ccc(CSc2ccc(C)cc2C)c(Br)c1. The average Bonchev–Trinajstić information content (AvgIpc) is 2.46. The van der Waals surface area contributed by atoms with Crippen LogP contribution >= 0.6 is 27.7 Å². The largest absolute Gasteiger partial charge is 0.465 e. The highest BCUT2D eigenvalue weighted by Crippen LogP contribution is 2.30. The van der Waals surface area contributed by atoms with Crippen molar-refractivity contribution in [1.29, 1.82) is 0 Å². The van der Waals surface area contributed by atoms with Crippen LogP contribution in [0.2, 0.25) is 0 Å². The van der Waals surface area contributed by atoms with Gasteiger partial charge in [-0.3, -0.25) is 0 Å². The van der Waals surface area contributed by atoms with Crippen LogP contribution in [0, 0.1) is 13.8 Å². The Balaban J connectivity index is 2.11. The molecule has 0 N–H and O–H groups in total. The third-order valence-electron chi connectivity index (χ3n) is 3.19. The van der Waals surface area contributed by atoms with E-state index in [4.69, 9.17) is 4.74 Å². The lowest BCUT2D eigenvalue weighted by Gasteiger charge is -2.09. The van der Waals surface area contributed by atoms with Gasteiger partial charge in [0.1, 0.15) is 0 Å². The minimum absolute atomic E-state index is 0.315. The third kappa shape index (κ3) is 4.11. The highest BCUT2D eigenvalue weighted by molar-refractivity contribution is 9.10. The molecule has 0 aliphatic rings. The van der Waals surface area contributed by atoms with E-state index in [0.29, 0.717) is 5.56 Å². The van der Waals surface area contributed by atoms with E-state index in [1.54, 1.807) is 17.8 Å². The first-order valence-corrected chi connectivity index (χ1v) is 8.36. The first-order chi connectivity index (χ1) is 10.0. The first-order valence-electron chi connectivity index (χ1n) is 6.58. The molecule has 4 heteroatoms. The Kier molecular flexibility index (Phi) is 5.48. The van der Waals surface area contributed by atoms with Gasteiger partial charge in [-0.2, -0.15) is 0 Å². The Bertz CT molecular complexity index is 668. The van der Waals surface area contributed by atoms with Crippen molar-refractivity contribution < 1.29 is 9.53 Å². The van der Waals surface area contributed by atoms with Crippen molar-refractivity contribution in [3.05, 3.63) is 63.1 Å². The van der Waals surface area contributed by atoms with E-state index in [9.17, 15) is 4.79 Å². The molecule has 2 aromatic rings. The number of esters is 1. The van der Waals surface area contributed by atoms with Crippen molar-refractivity contribution in [2.24, 2.45) is 0 Å².